The maximum absolute atomic E-state index is 13.2. The summed E-state index contributed by atoms with van der Waals surface area (Å²) in [5.74, 6) is -0.728. The minimum Gasteiger partial charge on any atom is -0.349 e. The summed E-state index contributed by atoms with van der Waals surface area (Å²) < 4.78 is 39.7. The molecule has 0 spiro atoms. The highest BCUT2D eigenvalue weighted by Gasteiger charge is 2.32. The van der Waals surface area contributed by atoms with Crippen molar-refractivity contribution in [1.29, 1.82) is 0 Å². The van der Waals surface area contributed by atoms with Crippen LogP contribution in [-0.4, -0.2) is 41.8 Å². The molecular weight excluding hydrogens is 459 g/mol. The number of likely N-dealkylation sites (tertiary alicyclic amines) is 1. The van der Waals surface area contributed by atoms with Crippen molar-refractivity contribution < 1.29 is 27.6 Å². The number of halogens is 3. The maximum atomic E-state index is 13.2. The zero-order valence-corrected chi connectivity index (χ0v) is 19.0. The Kier molecular flexibility index (Phi) is 7.23. The van der Waals surface area contributed by atoms with Crippen LogP contribution < -0.4 is 10.6 Å². The zero-order chi connectivity index (χ0) is 25.0. The van der Waals surface area contributed by atoms with Crippen molar-refractivity contribution in [3.8, 4) is 0 Å². The van der Waals surface area contributed by atoms with E-state index in [9.17, 15) is 27.6 Å². The first-order valence-corrected chi connectivity index (χ1v) is 11.5. The van der Waals surface area contributed by atoms with E-state index in [1.54, 1.807) is 35.2 Å². The molecule has 0 radical (unpaired) electrons. The lowest BCUT2D eigenvalue weighted by Crippen LogP contribution is -2.38. The van der Waals surface area contributed by atoms with Gasteiger partial charge in [-0.05, 0) is 60.7 Å². The van der Waals surface area contributed by atoms with Crippen LogP contribution in [0.25, 0.3) is 6.08 Å². The van der Waals surface area contributed by atoms with Gasteiger partial charge in [0, 0.05) is 37.2 Å². The molecule has 4 rings (SSSR count). The van der Waals surface area contributed by atoms with E-state index in [2.05, 4.69) is 10.6 Å². The molecule has 1 unspecified atom stereocenters. The van der Waals surface area contributed by atoms with E-state index >= 15 is 0 Å². The molecule has 1 saturated heterocycles. The van der Waals surface area contributed by atoms with E-state index in [-0.39, 0.29) is 30.0 Å². The van der Waals surface area contributed by atoms with E-state index in [1.807, 2.05) is 0 Å². The van der Waals surface area contributed by atoms with Gasteiger partial charge in [-0.15, -0.1) is 0 Å². The van der Waals surface area contributed by atoms with Crippen LogP contribution in [0.4, 0.5) is 13.2 Å². The Bertz CT molecular complexity index is 1120. The molecule has 3 amide bonds. The predicted molar refractivity (Wildman–Crippen MR) is 124 cm³/mol. The molecule has 6 nitrogen and oxygen atoms in total. The fraction of sp³-hybridized carbons (Fsp3) is 0.346. The Balaban J connectivity index is 1.45. The number of carbonyl (C=O) groups excluding carboxylic acids is 3. The van der Waals surface area contributed by atoms with Crippen LogP contribution in [0, 0.1) is 0 Å². The molecule has 1 aliphatic heterocycles. The summed E-state index contributed by atoms with van der Waals surface area (Å²) in [5, 5.41) is 5.64. The summed E-state index contributed by atoms with van der Waals surface area (Å²) in [6, 6.07) is 11.0. The predicted octanol–water partition coefficient (Wildman–Crippen LogP) is 4.09. The molecule has 0 aromatic heterocycles. The van der Waals surface area contributed by atoms with E-state index in [4.69, 9.17) is 0 Å². The Morgan fingerprint density at radius 3 is 2.49 bits per heavy atom. The Labute approximate surface area is 201 Å². The molecule has 2 aromatic carbocycles. The largest absolute Gasteiger partial charge is 0.416 e. The summed E-state index contributed by atoms with van der Waals surface area (Å²) >= 11 is 0. The Morgan fingerprint density at radius 1 is 1.11 bits per heavy atom. The molecule has 35 heavy (non-hydrogen) atoms. The van der Waals surface area contributed by atoms with Crippen LogP contribution >= 0.6 is 0 Å². The Morgan fingerprint density at radius 2 is 1.86 bits per heavy atom. The summed E-state index contributed by atoms with van der Waals surface area (Å²) in [5.41, 5.74) is 0.669. The van der Waals surface area contributed by atoms with Crippen molar-refractivity contribution in [3.63, 3.8) is 0 Å². The molecule has 2 N–H and O–H groups in total. The molecule has 2 aromatic rings. The van der Waals surface area contributed by atoms with Gasteiger partial charge >= 0.3 is 6.18 Å². The number of hydrogen-bond donors (Lipinski definition) is 2. The fourth-order valence-corrected chi connectivity index (χ4v) is 3.92. The normalized spacial score (nSPS) is 17.0. The minimum atomic E-state index is -4.52. The van der Waals surface area contributed by atoms with Gasteiger partial charge in [0.1, 0.15) is 0 Å². The number of nitrogens with one attached hydrogen (secondary N) is 2. The molecule has 184 valence electrons. The lowest BCUT2D eigenvalue weighted by molar-refractivity contribution is -0.137. The second-order valence-electron chi connectivity index (χ2n) is 8.83. The number of nitrogens with zero attached hydrogens (tertiary/aromatic N) is 1. The average molecular weight is 486 g/mol. The second kappa shape index (κ2) is 10.3. The Hall–Kier alpha value is -3.62. The molecular formula is C26H26F3N3O3. The van der Waals surface area contributed by atoms with E-state index in [0.717, 1.165) is 25.0 Å². The molecule has 1 heterocycles. The topological polar surface area (TPSA) is 78.5 Å². The molecule has 2 fully saturated rings. The fourth-order valence-electron chi connectivity index (χ4n) is 3.92. The first kappa shape index (κ1) is 24.5. The number of hydrogen-bond acceptors (Lipinski definition) is 3. The van der Waals surface area contributed by atoms with Gasteiger partial charge < -0.3 is 15.5 Å². The van der Waals surface area contributed by atoms with Gasteiger partial charge in [-0.25, -0.2) is 0 Å². The highest BCUT2D eigenvalue weighted by atomic mass is 19.4. The molecule has 9 heteroatoms. The number of carbonyl (C=O) groups is 3. The van der Waals surface area contributed by atoms with Gasteiger partial charge in [-0.3, -0.25) is 14.4 Å². The number of amides is 3. The van der Waals surface area contributed by atoms with Gasteiger partial charge in [-0.1, -0.05) is 24.3 Å². The molecule has 0 bridgehead atoms. The van der Waals surface area contributed by atoms with Gasteiger partial charge in [0.25, 0.3) is 5.91 Å². The highest BCUT2D eigenvalue weighted by molar-refractivity contribution is 5.95. The van der Waals surface area contributed by atoms with Crippen LogP contribution in [0.1, 0.15) is 58.8 Å². The first-order chi connectivity index (χ1) is 16.7. The molecule has 1 aliphatic carbocycles. The highest BCUT2D eigenvalue weighted by Crippen LogP contribution is 2.31. The van der Waals surface area contributed by atoms with Crippen LogP contribution in [0.3, 0.4) is 0 Å². The van der Waals surface area contributed by atoms with E-state index in [0.29, 0.717) is 30.5 Å². The third kappa shape index (κ3) is 6.71. The summed E-state index contributed by atoms with van der Waals surface area (Å²) in [6.07, 6.45) is 1.38. The van der Waals surface area contributed by atoms with Crippen LogP contribution in [0.15, 0.2) is 54.6 Å². The number of alkyl halides is 3. The van der Waals surface area contributed by atoms with E-state index < -0.39 is 23.7 Å². The van der Waals surface area contributed by atoms with Gasteiger partial charge in [-0.2, -0.15) is 13.2 Å². The quantitative estimate of drug-likeness (QED) is 0.553. The first-order valence-electron chi connectivity index (χ1n) is 11.5. The van der Waals surface area contributed by atoms with Gasteiger partial charge in [0.15, 0.2) is 0 Å². The smallest absolute Gasteiger partial charge is 0.349 e. The summed E-state index contributed by atoms with van der Waals surface area (Å²) in [4.78, 5) is 38.4. The van der Waals surface area contributed by atoms with Crippen LogP contribution in [0.2, 0.25) is 0 Å². The third-order valence-electron chi connectivity index (χ3n) is 6.02. The standard InChI is InChI=1S/C26H26F3N3O3/c27-26(28,29)20-4-1-3-19(15-20)22(16-32-14-2-5-24(32)34)31-23(33)13-8-17-6-9-18(10-7-17)25(35)30-21-11-12-21/h1,3-4,6-10,13,15,21-22H,2,5,11-12,14,16H2,(H,30,35)(H,31,33). The number of rotatable bonds is 8. The van der Waals surface area contributed by atoms with Gasteiger partial charge in [0.05, 0.1) is 11.6 Å². The monoisotopic (exact) mass is 485 g/mol. The van der Waals surface area contributed by atoms with Crippen molar-refractivity contribution in [3.05, 3.63) is 76.9 Å². The van der Waals surface area contributed by atoms with Gasteiger partial charge in [0.2, 0.25) is 11.8 Å². The van der Waals surface area contributed by atoms with Crippen LogP contribution in [0.5, 0.6) is 0 Å². The van der Waals surface area contributed by atoms with Crippen LogP contribution in [-0.2, 0) is 15.8 Å². The van der Waals surface area contributed by atoms with Crippen molar-refractivity contribution in [1.82, 2.24) is 15.5 Å². The van der Waals surface area contributed by atoms with E-state index in [1.165, 1.54) is 18.2 Å². The number of benzene rings is 2. The maximum Gasteiger partial charge on any atom is 0.416 e. The SMILES string of the molecule is O=C(C=Cc1ccc(C(=O)NC2CC2)cc1)NC(CN1CCCC1=O)c1cccc(C(F)(F)F)c1. The second-order valence-corrected chi connectivity index (χ2v) is 8.83. The lowest BCUT2D eigenvalue weighted by Gasteiger charge is -2.25. The van der Waals surface area contributed by atoms with Crippen molar-refractivity contribution in [2.45, 2.75) is 43.9 Å². The molecule has 1 saturated carbocycles. The average Bonchev–Trinajstić information content (AvgIpc) is 3.56. The summed E-state index contributed by atoms with van der Waals surface area (Å²) in [6.45, 7) is 0.588. The van der Waals surface area contributed by atoms with Crippen molar-refractivity contribution >= 4 is 23.8 Å². The molecule has 1 atom stereocenters. The third-order valence-corrected chi connectivity index (χ3v) is 6.02. The van der Waals surface area contributed by atoms with Crippen molar-refractivity contribution in [2.75, 3.05) is 13.1 Å². The summed E-state index contributed by atoms with van der Waals surface area (Å²) in [7, 11) is 0. The van der Waals surface area contributed by atoms with Crippen molar-refractivity contribution in [2.24, 2.45) is 0 Å². The zero-order valence-electron chi connectivity index (χ0n) is 19.0. The lowest BCUT2D eigenvalue weighted by atomic mass is 10.0. The molecule has 2 aliphatic rings. The minimum absolute atomic E-state index is 0.0856.